The van der Waals surface area contributed by atoms with E-state index >= 15 is 0 Å². The molecule has 0 fully saturated rings. The smallest absolute Gasteiger partial charge is 0.151 e. The molecule has 1 rings (SSSR count). The summed E-state index contributed by atoms with van der Waals surface area (Å²) in [5.74, 6) is -1.26. The average molecular weight is 228 g/mol. The molecule has 90 valence electrons. The summed E-state index contributed by atoms with van der Waals surface area (Å²) in [6.07, 6.45) is 4.28. The first-order valence-corrected chi connectivity index (χ1v) is 5.63. The van der Waals surface area contributed by atoms with Gasteiger partial charge in [0.15, 0.2) is 11.6 Å². The average Bonchev–Trinajstić information content (AvgIpc) is 2.20. The number of nitrogen functional groups attached to an aromatic ring is 1. The van der Waals surface area contributed by atoms with Crippen LogP contribution in [0, 0.1) is 11.6 Å². The molecule has 0 amide bonds. The molecule has 0 unspecified atom stereocenters. The van der Waals surface area contributed by atoms with Gasteiger partial charge in [-0.15, -0.1) is 0 Å². The fraction of sp³-hybridized carbons (Fsp3) is 0.500. The van der Waals surface area contributed by atoms with Gasteiger partial charge in [-0.1, -0.05) is 26.2 Å². The second-order valence-electron chi connectivity index (χ2n) is 3.85. The summed E-state index contributed by atoms with van der Waals surface area (Å²) in [4.78, 5) is 0. The van der Waals surface area contributed by atoms with Crippen LogP contribution in [-0.4, -0.2) is 6.54 Å². The summed E-state index contributed by atoms with van der Waals surface area (Å²) < 4.78 is 26.6. The van der Waals surface area contributed by atoms with Gasteiger partial charge in [0.1, 0.15) is 5.69 Å². The van der Waals surface area contributed by atoms with Crippen LogP contribution in [0.25, 0.3) is 0 Å². The molecule has 0 atom stereocenters. The third kappa shape index (κ3) is 3.68. The fourth-order valence-electron chi connectivity index (χ4n) is 1.53. The van der Waals surface area contributed by atoms with Crippen LogP contribution in [0.15, 0.2) is 12.1 Å². The van der Waals surface area contributed by atoms with Crippen LogP contribution in [0.3, 0.4) is 0 Å². The standard InChI is InChI=1S/C12H18F2N2/c1-2-3-4-5-6-16-12-10(13)7-9(15)8-11(12)14/h7-8,16H,2-6,15H2,1H3. The Morgan fingerprint density at radius 1 is 1.12 bits per heavy atom. The highest BCUT2D eigenvalue weighted by Gasteiger charge is 2.08. The quantitative estimate of drug-likeness (QED) is 0.577. The number of nitrogens with one attached hydrogen (secondary N) is 1. The van der Waals surface area contributed by atoms with Crippen molar-refractivity contribution in [2.24, 2.45) is 0 Å². The predicted molar refractivity (Wildman–Crippen MR) is 63.4 cm³/mol. The molecule has 1 aromatic rings. The van der Waals surface area contributed by atoms with Crippen LogP contribution in [0.1, 0.15) is 32.6 Å². The zero-order valence-corrected chi connectivity index (χ0v) is 9.52. The van der Waals surface area contributed by atoms with E-state index in [-0.39, 0.29) is 11.4 Å². The van der Waals surface area contributed by atoms with Crippen molar-refractivity contribution in [2.45, 2.75) is 32.6 Å². The van der Waals surface area contributed by atoms with Crippen molar-refractivity contribution in [2.75, 3.05) is 17.6 Å². The van der Waals surface area contributed by atoms with Crippen LogP contribution in [0.5, 0.6) is 0 Å². The maximum absolute atomic E-state index is 13.3. The van der Waals surface area contributed by atoms with Crippen LogP contribution < -0.4 is 11.1 Å². The van der Waals surface area contributed by atoms with E-state index in [0.717, 1.165) is 37.8 Å². The van der Waals surface area contributed by atoms with Crippen molar-refractivity contribution < 1.29 is 8.78 Å². The zero-order chi connectivity index (χ0) is 12.0. The highest BCUT2D eigenvalue weighted by molar-refractivity contribution is 5.53. The van der Waals surface area contributed by atoms with E-state index in [0.29, 0.717) is 6.54 Å². The molecule has 0 heterocycles. The van der Waals surface area contributed by atoms with Crippen molar-refractivity contribution in [3.8, 4) is 0 Å². The van der Waals surface area contributed by atoms with Gasteiger partial charge in [-0.3, -0.25) is 0 Å². The van der Waals surface area contributed by atoms with Gasteiger partial charge in [0.2, 0.25) is 0 Å². The Balaban J connectivity index is 2.47. The third-order valence-corrected chi connectivity index (χ3v) is 2.40. The Morgan fingerprint density at radius 3 is 2.31 bits per heavy atom. The second-order valence-corrected chi connectivity index (χ2v) is 3.85. The number of hydrogen-bond acceptors (Lipinski definition) is 2. The minimum absolute atomic E-state index is 0.0781. The van der Waals surface area contributed by atoms with Crippen molar-refractivity contribution >= 4 is 11.4 Å². The number of anilines is 2. The summed E-state index contributed by atoms with van der Waals surface area (Å²) in [6, 6.07) is 2.24. The number of nitrogens with two attached hydrogens (primary N) is 1. The molecule has 0 aliphatic carbocycles. The van der Waals surface area contributed by atoms with Gasteiger partial charge in [-0.05, 0) is 18.6 Å². The monoisotopic (exact) mass is 228 g/mol. The Morgan fingerprint density at radius 2 is 1.75 bits per heavy atom. The van der Waals surface area contributed by atoms with Gasteiger partial charge in [0, 0.05) is 12.2 Å². The number of benzene rings is 1. The van der Waals surface area contributed by atoms with Crippen molar-refractivity contribution in [3.63, 3.8) is 0 Å². The van der Waals surface area contributed by atoms with E-state index < -0.39 is 11.6 Å². The molecule has 4 heteroatoms. The Kier molecular flexibility index (Phi) is 5.02. The summed E-state index contributed by atoms with van der Waals surface area (Å²) in [6.45, 7) is 2.70. The maximum atomic E-state index is 13.3. The molecule has 0 saturated carbocycles. The molecule has 0 spiro atoms. The molecule has 2 nitrogen and oxygen atoms in total. The lowest BCUT2D eigenvalue weighted by Crippen LogP contribution is -2.06. The van der Waals surface area contributed by atoms with Crippen LogP contribution in [0.4, 0.5) is 20.2 Å². The number of hydrogen-bond donors (Lipinski definition) is 2. The van der Waals surface area contributed by atoms with Crippen LogP contribution in [-0.2, 0) is 0 Å². The van der Waals surface area contributed by atoms with Gasteiger partial charge in [-0.2, -0.15) is 0 Å². The molecule has 1 aromatic carbocycles. The lowest BCUT2D eigenvalue weighted by Gasteiger charge is -2.09. The number of rotatable bonds is 6. The molecule has 0 saturated heterocycles. The van der Waals surface area contributed by atoms with Gasteiger partial charge in [0.25, 0.3) is 0 Å². The SMILES string of the molecule is CCCCCCNc1c(F)cc(N)cc1F. The molecule has 0 bridgehead atoms. The van der Waals surface area contributed by atoms with Gasteiger partial charge < -0.3 is 11.1 Å². The molecule has 0 aliphatic rings. The maximum Gasteiger partial charge on any atom is 0.151 e. The molecule has 0 aliphatic heterocycles. The van der Waals surface area contributed by atoms with E-state index in [1.54, 1.807) is 0 Å². The number of halogens is 2. The summed E-state index contributed by atoms with van der Waals surface area (Å²) in [5.41, 5.74) is 5.34. The van der Waals surface area contributed by atoms with Gasteiger partial charge >= 0.3 is 0 Å². The molecule has 16 heavy (non-hydrogen) atoms. The Hall–Kier alpha value is -1.32. The van der Waals surface area contributed by atoms with Crippen LogP contribution in [0.2, 0.25) is 0 Å². The molecular formula is C12H18F2N2. The third-order valence-electron chi connectivity index (χ3n) is 2.40. The highest BCUT2D eigenvalue weighted by atomic mass is 19.1. The number of unbranched alkanes of at least 4 members (excludes halogenated alkanes) is 3. The first-order valence-electron chi connectivity index (χ1n) is 5.63. The van der Waals surface area contributed by atoms with E-state index in [1.807, 2.05) is 0 Å². The van der Waals surface area contributed by atoms with Gasteiger partial charge in [-0.25, -0.2) is 8.78 Å². The zero-order valence-electron chi connectivity index (χ0n) is 9.52. The predicted octanol–water partition coefficient (Wildman–Crippen LogP) is 3.54. The Bertz CT molecular complexity index is 317. The van der Waals surface area contributed by atoms with Crippen molar-refractivity contribution in [3.05, 3.63) is 23.8 Å². The molecule has 3 N–H and O–H groups in total. The molecule has 0 aromatic heterocycles. The largest absolute Gasteiger partial charge is 0.399 e. The van der Waals surface area contributed by atoms with Crippen molar-refractivity contribution in [1.82, 2.24) is 0 Å². The summed E-state index contributed by atoms with van der Waals surface area (Å²) in [5, 5.41) is 2.76. The topological polar surface area (TPSA) is 38.0 Å². The van der Waals surface area contributed by atoms with E-state index in [1.165, 1.54) is 0 Å². The summed E-state index contributed by atoms with van der Waals surface area (Å²) >= 11 is 0. The van der Waals surface area contributed by atoms with E-state index in [2.05, 4.69) is 12.2 Å². The minimum Gasteiger partial charge on any atom is -0.399 e. The lowest BCUT2D eigenvalue weighted by molar-refractivity contribution is 0.587. The first-order chi connectivity index (χ1) is 7.65. The second kappa shape index (κ2) is 6.30. The first kappa shape index (κ1) is 12.7. The Labute approximate surface area is 94.8 Å². The molecular weight excluding hydrogens is 210 g/mol. The molecule has 0 radical (unpaired) electrons. The highest BCUT2D eigenvalue weighted by Crippen LogP contribution is 2.21. The minimum atomic E-state index is -0.631. The van der Waals surface area contributed by atoms with E-state index in [4.69, 9.17) is 5.73 Å². The van der Waals surface area contributed by atoms with Gasteiger partial charge in [0.05, 0.1) is 0 Å². The van der Waals surface area contributed by atoms with Crippen LogP contribution >= 0.6 is 0 Å². The normalized spacial score (nSPS) is 10.4. The van der Waals surface area contributed by atoms with Crippen molar-refractivity contribution in [1.29, 1.82) is 0 Å². The van der Waals surface area contributed by atoms with E-state index in [9.17, 15) is 8.78 Å². The summed E-state index contributed by atoms with van der Waals surface area (Å²) in [7, 11) is 0. The fourth-order valence-corrected chi connectivity index (χ4v) is 1.53. The lowest BCUT2D eigenvalue weighted by atomic mass is 10.2.